The zero-order chi connectivity index (χ0) is 15.6. The van der Waals surface area contributed by atoms with Gasteiger partial charge in [-0.15, -0.1) is 11.3 Å². The first-order valence-electron chi connectivity index (χ1n) is 7.59. The molecule has 0 atom stereocenters. The predicted molar refractivity (Wildman–Crippen MR) is 97.6 cm³/mol. The van der Waals surface area contributed by atoms with Crippen LogP contribution in [-0.2, 0) is 4.79 Å². The van der Waals surface area contributed by atoms with E-state index in [2.05, 4.69) is 16.6 Å². The molecule has 0 unspecified atom stereocenters. The van der Waals surface area contributed by atoms with E-state index >= 15 is 0 Å². The number of amides is 1. The van der Waals surface area contributed by atoms with Gasteiger partial charge in [0, 0.05) is 17.4 Å². The van der Waals surface area contributed by atoms with Gasteiger partial charge in [-0.25, -0.2) is 4.98 Å². The summed E-state index contributed by atoms with van der Waals surface area (Å²) >= 11 is 3.36. The lowest BCUT2D eigenvalue weighted by Gasteiger charge is -2.02. The second-order valence-electron chi connectivity index (χ2n) is 5.11. The number of thiazole rings is 1. The zero-order valence-corrected chi connectivity index (χ0v) is 14.5. The number of anilines is 1. The van der Waals surface area contributed by atoms with Gasteiger partial charge >= 0.3 is 0 Å². The highest BCUT2D eigenvalue weighted by molar-refractivity contribution is 7.98. The quantitative estimate of drug-likeness (QED) is 0.652. The predicted octanol–water partition coefficient (Wildman–Crippen LogP) is 5.06. The first-order valence-corrected chi connectivity index (χ1v) is 9.86. The maximum Gasteiger partial charge on any atom is 0.226 e. The first kappa shape index (κ1) is 17.0. The van der Waals surface area contributed by atoms with Gasteiger partial charge in [-0.2, -0.15) is 11.8 Å². The normalized spacial score (nSPS) is 10.6. The fourth-order valence-corrected chi connectivity index (χ4v) is 3.37. The Kier molecular flexibility index (Phi) is 7.46. The second kappa shape index (κ2) is 9.64. The smallest absolute Gasteiger partial charge is 0.226 e. The number of carbonyl (C=O) groups is 1. The number of unbranched alkanes of at least 4 members (excludes halogenated alkanes) is 3. The SMILES string of the molecule is CSCCCCCCC(=O)Nc1nc(-c2ccccc2)cs1. The maximum absolute atomic E-state index is 11.9. The number of hydrogen-bond donors (Lipinski definition) is 1. The summed E-state index contributed by atoms with van der Waals surface area (Å²) in [4.78, 5) is 16.4. The molecule has 1 aromatic heterocycles. The van der Waals surface area contributed by atoms with Crippen molar-refractivity contribution in [1.29, 1.82) is 0 Å². The molecule has 0 aliphatic rings. The van der Waals surface area contributed by atoms with Gasteiger partial charge in [-0.1, -0.05) is 43.2 Å². The molecule has 22 heavy (non-hydrogen) atoms. The number of benzene rings is 1. The summed E-state index contributed by atoms with van der Waals surface area (Å²) in [5.41, 5.74) is 1.99. The summed E-state index contributed by atoms with van der Waals surface area (Å²) in [5, 5.41) is 5.56. The van der Waals surface area contributed by atoms with E-state index in [1.807, 2.05) is 47.5 Å². The van der Waals surface area contributed by atoms with Gasteiger partial charge in [0.1, 0.15) is 0 Å². The van der Waals surface area contributed by atoms with Crippen molar-refractivity contribution in [1.82, 2.24) is 4.98 Å². The molecular weight excluding hydrogens is 312 g/mol. The number of hydrogen-bond acceptors (Lipinski definition) is 4. The Morgan fingerprint density at radius 1 is 1.18 bits per heavy atom. The molecule has 0 fully saturated rings. The highest BCUT2D eigenvalue weighted by Crippen LogP contribution is 2.24. The fourth-order valence-electron chi connectivity index (χ4n) is 2.14. The van der Waals surface area contributed by atoms with Crippen LogP contribution in [0.15, 0.2) is 35.7 Å². The molecule has 1 heterocycles. The van der Waals surface area contributed by atoms with Crippen LogP contribution in [-0.4, -0.2) is 22.9 Å². The van der Waals surface area contributed by atoms with Crippen LogP contribution in [0.1, 0.15) is 32.1 Å². The Labute approximate surface area is 140 Å². The van der Waals surface area contributed by atoms with E-state index in [0.717, 1.165) is 24.1 Å². The van der Waals surface area contributed by atoms with Gasteiger partial charge in [-0.05, 0) is 24.9 Å². The molecule has 0 saturated carbocycles. The van der Waals surface area contributed by atoms with Gasteiger partial charge in [-0.3, -0.25) is 4.79 Å². The van der Waals surface area contributed by atoms with E-state index in [-0.39, 0.29) is 5.91 Å². The van der Waals surface area contributed by atoms with Crippen molar-refractivity contribution in [3.8, 4) is 11.3 Å². The van der Waals surface area contributed by atoms with Crippen LogP contribution in [0.3, 0.4) is 0 Å². The van der Waals surface area contributed by atoms with Crippen LogP contribution >= 0.6 is 23.1 Å². The lowest BCUT2D eigenvalue weighted by Crippen LogP contribution is -2.10. The highest BCUT2D eigenvalue weighted by atomic mass is 32.2. The lowest BCUT2D eigenvalue weighted by atomic mass is 10.1. The van der Waals surface area contributed by atoms with E-state index < -0.39 is 0 Å². The number of nitrogens with zero attached hydrogens (tertiary/aromatic N) is 1. The average Bonchev–Trinajstić information content (AvgIpc) is 3.00. The number of aromatic nitrogens is 1. The van der Waals surface area contributed by atoms with Crippen LogP contribution in [0.2, 0.25) is 0 Å². The summed E-state index contributed by atoms with van der Waals surface area (Å²) < 4.78 is 0. The summed E-state index contributed by atoms with van der Waals surface area (Å²) in [6.07, 6.45) is 7.25. The van der Waals surface area contributed by atoms with Crippen LogP contribution in [0, 0.1) is 0 Å². The molecule has 1 N–H and O–H groups in total. The number of rotatable bonds is 9. The molecule has 0 spiro atoms. The topological polar surface area (TPSA) is 42.0 Å². The van der Waals surface area contributed by atoms with Crippen molar-refractivity contribution < 1.29 is 4.79 Å². The minimum absolute atomic E-state index is 0.0684. The summed E-state index contributed by atoms with van der Waals surface area (Å²) in [6, 6.07) is 10.0. The molecular formula is C17H22N2OS2. The third-order valence-electron chi connectivity index (χ3n) is 3.32. The van der Waals surface area contributed by atoms with Crippen molar-refractivity contribution in [3.05, 3.63) is 35.7 Å². The van der Waals surface area contributed by atoms with Gasteiger partial charge < -0.3 is 5.32 Å². The minimum Gasteiger partial charge on any atom is -0.302 e. The standard InChI is InChI=1S/C17H22N2OS2/c1-21-12-8-3-2-7-11-16(20)19-17-18-15(13-22-17)14-9-5-4-6-10-14/h4-6,9-10,13H,2-3,7-8,11-12H2,1H3,(H,18,19,20). The molecule has 118 valence electrons. The first-order chi connectivity index (χ1) is 10.8. The van der Waals surface area contributed by atoms with Gasteiger partial charge in [0.2, 0.25) is 5.91 Å². The molecule has 1 aromatic carbocycles. The number of thioether (sulfide) groups is 1. The van der Waals surface area contributed by atoms with Gasteiger partial charge in [0.25, 0.3) is 0 Å². The Morgan fingerprint density at radius 3 is 2.73 bits per heavy atom. The van der Waals surface area contributed by atoms with Crippen LogP contribution in [0.4, 0.5) is 5.13 Å². The Balaban J connectivity index is 1.72. The molecule has 0 aliphatic heterocycles. The number of carbonyl (C=O) groups excluding carboxylic acids is 1. The highest BCUT2D eigenvalue weighted by Gasteiger charge is 2.07. The lowest BCUT2D eigenvalue weighted by molar-refractivity contribution is -0.116. The molecule has 2 rings (SSSR count). The van der Waals surface area contributed by atoms with E-state index in [1.54, 1.807) is 0 Å². The fraction of sp³-hybridized carbons (Fsp3) is 0.412. The van der Waals surface area contributed by atoms with Crippen molar-refractivity contribution in [2.45, 2.75) is 32.1 Å². The molecule has 5 heteroatoms. The van der Waals surface area contributed by atoms with Crippen LogP contribution in [0.25, 0.3) is 11.3 Å². The molecule has 1 amide bonds. The van der Waals surface area contributed by atoms with Crippen LogP contribution < -0.4 is 5.32 Å². The Bertz CT molecular complexity index is 569. The van der Waals surface area contributed by atoms with E-state index in [9.17, 15) is 4.79 Å². The third kappa shape index (κ3) is 5.81. The molecule has 0 bridgehead atoms. The zero-order valence-electron chi connectivity index (χ0n) is 12.9. The summed E-state index contributed by atoms with van der Waals surface area (Å²) in [6.45, 7) is 0. The summed E-state index contributed by atoms with van der Waals surface area (Å²) in [7, 11) is 0. The Hall–Kier alpha value is -1.33. The molecule has 0 aliphatic carbocycles. The average molecular weight is 335 g/mol. The van der Waals surface area contributed by atoms with Crippen LogP contribution in [0.5, 0.6) is 0 Å². The van der Waals surface area contributed by atoms with Crippen molar-refractivity contribution in [2.24, 2.45) is 0 Å². The molecule has 2 aromatic rings. The van der Waals surface area contributed by atoms with E-state index in [0.29, 0.717) is 11.6 Å². The third-order valence-corrected chi connectivity index (χ3v) is 4.78. The number of nitrogens with one attached hydrogen (secondary N) is 1. The minimum atomic E-state index is 0.0684. The Morgan fingerprint density at radius 2 is 1.95 bits per heavy atom. The van der Waals surface area contributed by atoms with Crippen molar-refractivity contribution >= 4 is 34.1 Å². The van der Waals surface area contributed by atoms with Crippen molar-refractivity contribution in [2.75, 3.05) is 17.3 Å². The molecule has 0 saturated heterocycles. The summed E-state index contributed by atoms with van der Waals surface area (Å²) in [5.74, 6) is 1.28. The molecule has 3 nitrogen and oxygen atoms in total. The monoisotopic (exact) mass is 334 g/mol. The largest absolute Gasteiger partial charge is 0.302 e. The van der Waals surface area contributed by atoms with E-state index in [1.165, 1.54) is 29.9 Å². The van der Waals surface area contributed by atoms with Gasteiger partial charge in [0.15, 0.2) is 5.13 Å². The van der Waals surface area contributed by atoms with Gasteiger partial charge in [0.05, 0.1) is 5.69 Å². The van der Waals surface area contributed by atoms with Crippen molar-refractivity contribution in [3.63, 3.8) is 0 Å². The molecule has 0 radical (unpaired) electrons. The second-order valence-corrected chi connectivity index (χ2v) is 6.95. The van der Waals surface area contributed by atoms with E-state index in [4.69, 9.17) is 0 Å². The maximum atomic E-state index is 11.9.